The minimum Gasteiger partial charge on any atom is -0.394 e. The molecule has 9 nitrogen and oxygen atoms in total. The number of likely N-dealkylation sites (tertiary alicyclic amines) is 1. The van der Waals surface area contributed by atoms with Crippen LogP contribution in [0.4, 0.5) is 10.5 Å². The molecule has 3 atom stereocenters. The summed E-state index contributed by atoms with van der Waals surface area (Å²) in [7, 11) is 0. The second kappa shape index (κ2) is 9.38. The van der Waals surface area contributed by atoms with Crippen LogP contribution in [0, 0.1) is 13.8 Å². The summed E-state index contributed by atoms with van der Waals surface area (Å²) in [6.45, 7) is 4.89. The molecular formula is C19H30N4O5. The maximum atomic E-state index is 12.5. The Labute approximate surface area is 164 Å². The highest BCUT2D eigenvalue weighted by atomic mass is 16.5. The van der Waals surface area contributed by atoms with Gasteiger partial charge in [0.1, 0.15) is 17.5 Å². The van der Waals surface area contributed by atoms with E-state index in [0.717, 1.165) is 25.9 Å². The normalized spacial score (nSPS) is 25.4. The monoisotopic (exact) mass is 394 g/mol. The summed E-state index contributed by atoms with van der Waals surface area (Å²) in [5, 5.41) is 19.1. The number of hydrogen-bond donors (Lipinski definition) is 3. The van der Waals surface area contributed by atoms with Crippen LogP contribution in [-0.4, -0.2) is 65.0 Å². The second-order valence-corrected chi connectivity index (χ2v) is 7.61. The molecule has 0 bridgehead atoms. The van der Waals surface area contributed by atoms with Crippen LogP contribution in [0.1, 0.15) is 50.0 Å². The largest absolute Gasteiger partial charge is 0.394 e. The third kappa shape index (κ3) is 5.02. The fourth-order valence-electron chi connectivity index (χ4n) is 3.89. The van der Waals surface area contributed by atoms with E-state index >= 15 is 0 Å². The number of aryl methyl sites for hydroxylation is 2. The smallest absolute Gasteiger partial charge is 0.319 e. The molecule has 0 aromatic carbocycles. The zero-order valence-corrected chi connectivity index (χ0v) is 16.6. The summed E-state index contributed by atoms with van der Waals surface area (Å²) in [6.07, 6.45) is 4.16. The van der Waals surface area contributed by atoms with E-state index in [9.17, 15) is 14.7 Å². The van der Waals surface area contributed by atoms with E-state index in [0.29, 0.717) is 36.4 Å². The fourth-order valence-corrected chi connectivity index (χ4v) is 3.89. The van der Waals surface area contributed by atoms with Crippen molar-refractivity contribution >= 4 is 17.6 Å². The molecule has 0 aliphatic carbocycles. The standard InChI is InChI=1S/C19H30N4O5/c1-12-18(13(2)28-22-12)21-19(26)20-15-7-6-14(27-16(15)11-24)10-17(25)23-8-4-3-5-9-23/h14-16,24H,3-11H2,1-2H3,(H2,20,21,26)/t14-,15-,16-/m1/s1. The number of rotatable bonds is 5. The Morgan fingerprint density at radius 1 is 1.21 bits per heavy atom. The number of aliphatic hydroxyl groups is 1. The van der Waals surface area contributed by atoms with Crippen LogP contribution in [0.2, 0.25) is 0 Å². The highest BCUT2D eigenvalue weighted by molar-refractivity contribution is 5.90. The van der Waals surface area contributed by atoms with Gasteiger partial charge in [0.05, 0.1) is 25.2 Å². The van der Waals surface area contributed by atoms with Gasteiger partial charge in [-0.15, -0.1) is 0 Å². The number of aromatic nitrogens is 1. The number of amides is 3. The Kier molecular flexibility index (Phi) is 6.90. The van der Waals surface area contributed by atoms with Crippen molar-refractivity contribution in [3.63, 3.8) is 0 Å². The molecule has 0 spiro atoms. The maximum Gasteiger partial charge on any atom is 0.319 e. The molecule has 2 fully saturated rings. The highest BCUT2D eigenvalue weighted by Crippen LogP contribution is 2.24. The zero-order chi connectivity index (χ0) is 20.1. The van der Waals surface area contributed by atoms with Gasteiger partial charge in [-0.05, 0) is 46.0 Å². The van der Waals surface area contributed by atoms with Crippen LogP contribution in [-0.2, 0) is 9.53 Å². The summed E-state index contributed by atoms with van der Waals surface area (Å²) in [5.41, 5.74) is 1.14. The molecule has 0 unspecified atom stereocenters. The molecule has 3 heterocycles. The molecule has 3 amide bonds. The first-order chi connectivity index (χ1) is 13.5. The summed E-state index contributed by atoms with van der Waals surface area (Å²) in [5.74, 6) is 0.645. The van der Waals surface area contributed by atoms with Crippen molar-refractivity contribution in [1.29, 1.82) is 0 Å². The Hall–Kier alpha value is -2.13. The van der Waals surface area contributed by atoms with Crippen LogP contribution < -0.4 is 10.6 Å². The summed E-state index contributed by atoms with van der Waals surface area (Å²) < 4.78 is 11.0. The zero-order valence-electron chi connectivity index (χ0n) is 16.6. The molecule has 3 N–H and O–H groups in total. The van der Waals surface area contributed by atoms with Crippen molar-refractivity contribution in [2.45, 2.75) is 70.6 Å². The Balaban J connectivity index is 1.50. The highest BCUT2D eigenvalue weighted by Gasteiger charge is 2.34. The third-order valence-corrected chi connectivity index (χ3v) is 5.50. The van der Waals surface area contributed by atoms with Crippen molar-refractivity contribution in [3.05, 3.63) is 11.5 Å². The molecular weight excluding hydrogens is 364 g/mol. The van der Waals surface area contributed by atoms with Gasteiger partial charge in [0.15, 0.2) is 5.76 Å². The van der Waals surface area contributed by atoms with E-state index in [4.69, 9.17) is 9.26 Å². The molecule has 1 aromatic heterocycles. The molecule has 0 saturated carbocycles. The average Bonchev–Trinajstić information content (AvgIpc) is 3.01. The molecule has 28 heavy (non-hydrogen) atoms. The van der Waals surface area contributed by atoms with Gasteiger partial charge in [-0.1, -0.05) is 5.16 Å². The molecule has 156 valence electrons. The summed E-state index contributed by atoms with van der Waals surface area (Å²) in [6, 6.07) is -0.726. The molecule has 2 aliphatic rings. The van der Waals surface area contributed by atoms with Crippen LogP contribution in [0.3, 0.4) is 0 Å². The van der Waals surface area contributed by atoms with Gasteiger partial charge < -0.3 is 29.9 Å². The van der Waals surface area contributed by atoms with Crippen molar-refractivity contribution in [3.8, 4) is 0 Å². The van der Waals surface area contributed by atoms with Gasteiger partial charge in [-0.2, -0.15) is 0 Å². The summed E-state index contributed by atoms with van der Waals surface area (Å²) >= 11 is 0. The number of piperidine rings is 1. The van der Waals surface area contributed by atoms with Gasteiger partial charge in [0, 0.05) is 13.1 Å². The van der Waals surface area contributed by atoms with Crippen molar-refractivity contribution < 1.29 is 24.0 Å². The number of ether oxygens (including phenoxy) is 1. The van der Waals surface area contributed by atoms with Crippen LogP contribution in [0.5, 0.6) is 0 Å². The lowest BCUT2D eigenvalue weighted by Gasteiger charge is -2.37. The van der Waals surface area contributed by atoms with Gasteiger partial charge in [-0.3, -0.25) is 4.79 Å². The van der Waals surface area contributed by atoms with Crippen molar-refractivity contribution in [2.75, 3.05) is 25.0 Å². The quantitative estimate of drug-likeness (QED) is 0.700. The minimum absolute atomic E-state index is 0.115. The predicted molar refractivity (Wildman–Crippen MR) is 102 cm³/mol. The van der Waals surface area contributed by atoms with E-state index in [1.54, 1.807) is 13.8 Å². The van der Waals surface area contributed by atoms with Crippen LogP contribution >= 0.6 is 0 Å². The van der Waals surface area contributed by atoms with Gasteiger partial charge in [-0.25, -0.2) is 4.79 Å². The van der Waals surface area contributed by atoms with E-state index in [-0.39, 0.29) is 24.7 Å². The lowest BCUT2D eigenvalue weighted by Crippen LogP contribution is -2.52. The summed E-state index contributed by atoms with van der Waals surface area (Å²) in [4.78, 5) is 26.7. The fraction of sp³-hybridized carbons (Fsp3) is 0.737. The van der Waals surface area contributed by atoms with Gasteiger partial charge >= 0.3 is 6.03 Å². The second-order valence-electron chi connectivity index (χ2n) is 7.61. The van der Waals surface area contributed by atoms with E-state index in [1.165, 1.54) is 6.42 Å². The topological polar surface area (TPSA) is 117 Å². The van der Waals surface area contributed by atoms with E-state index in [2.05, 4.69) is 15.8 Å². The van der Waals surface area contributed by atoms with E-state index in [1.807, 2.05) is 4.90 Å². The first kappa shape index (κ1) is 20.6. The third-order valence-electron chi connectivity index (χ3n) is 5.50. The lowest BCUT2D eigenvalue weighted by molar-refractivity contribution is -0.141. The van der Waals surface area contributed by atoms with Gasteiger partial charge in [0.25, 0.3) is 0 Å². The number of anilines is 1. The number of aliphatic hydroxyl groups excluding tert-OH is 1. The van der Waals surface area contributed by atoms with Gasteiger partial charge in [0.2, 0.25) is 5.91 Å². The number of urea groups is 1. The maximum absolute atomic E-state index is 12.5. The molecule has 2 aliphatic heterocycles. The molecule has 0 radical (unpaired) electrons. The number of nitrogens with one attached hydrogen (secondary N) is 2. The first-order valence-electron chi connectivity index (χ1n) is 10.0. The molecule has 2 saturated heterocycles. The number of hydrogen-bond acceptors (Lipinski definition) is 6. The Morgan fingerprint density at radius 3 is 2.61 bits per heavy atom. The molecule has 1 aromatic rings. The van der Waals surface area contributed by atoms with E-state index < -0.39 is 12.1 Å². The number of carbonyl (C=O) groups is 2. The Morgan fingerprint density at radius 2 is 1.96 bits per heavy atom. The first-order valence-corrected chi connectivity index (χ1v) is 10.0. The molecule has 9 heteroatoms. The minimum atomic E-state index is -0.539. The SMILES string of the molecule is Cc1noc(C)c1NC(=O)N[C@@H]1CC[C@H](CC(=O)N2CCCCC2)O[C@@H]1CO. The van der Waals surface area contributed by atoms with Crippen molar-refractivity contribution in [1.82, 2.24) is 15.4 Å². The number of carbonyl (C=O) groups excluding carboxylic acids is 2. The van der Waals surface area contributed by atoms with Crippen molar-refractivity contribution in [2.24, 2.45) is 0 Å². The predicted octanol–water partition coefficient (Wildman–Crippen LogP) is 1.72. The number of nitrogens with zero attached hydrogens (tertiary/aromatic N) is 2. The van der Waals surface area contributed by atoms with Crippen LogP contribution in [0.25, 0.3) is 0 Å². The molecule has 3 rings (SSSR count). The lowest BCUT2D eigenvalue weighted by atomic mass is 9.96. The van der Waals surface area contributed by atoms with Crippen LogP contribution in [0.15, 0.2) is 4.52 Å². The Bertz CT molecular complexity index is 666. The average molecular weight is 394 g/mol.